The van der Waals surface area contributed by atoms with Gasteiger partial charge in [-0.2, -0.15) is 5.10 Å². The molecule has 2 aliphatic rings. The first-order valence-corrected chi connectivity index (χ1v) is 10.1. The Balaban J connectivity index is 1.62. The van der Waals surface area contributed by atoms with E-state index in [-0.39, 0.29) is 31.1 Å². The van der Waals surface area contributed by atoms with Crippen molar-refractivity contribution in [3.05, 3.63) is 30.3 Å². The molecule has 0 aromatic heterocycles. The minimum Gasteiger partial charge on any atom is -0.464 e. The molecule has 1 aromatic rings. The molecule has 1 aromatic carbocycles. The fourth-order valence-electron chi connectivity index (χ4n) is 3.48. The van der Waals surface area contributed by atoms with Crippen LogP contribution in [-0.4, -0.2) is 60.2 Å². The smallest absolute Gasteiger partial charge is 0.355 e. The number of esters is 2. The van der Waals surface area contributed by atoms with Crippen molar-refractivity contribution in [2.45, 2.75) is 45.1 Å². The second kappa shape index (κ2) is 10.00. The number of rotatable bonds is 6. The van der Waals surface area contributed by atoms with Crippen LogP contribution in [0.5, 0.6) is 0 Å². The van der Waals surface area contributed by atoms with E-state index in [0.29, 0.717) is 18.7 Å². The van der Waals surface area contributed by atoms with Gasteiger partial charge < -0.3 is 14.4 Å². The number of ether oxygens (including phenoxy) is 2. The Morgan fingerprint density at radius 1 is 1.10 bits per heavy atom. The molecule has 2 heterocycles. The number of carbonyl (C=O) groups excluding carboxylic acids is 4. The second-order valence-electron chi connectivity index (χ2n) is 7.01. The van der Waals surface area contributed by atoms with Gasteiger partial charge in [0.25, 0.3) is 5.91 Å². The fourth-order valence-corrected chi connectivity index (χ4v) is 3.48. The van der Waals surface area contributed by atoms with E-state index in [9.17, 15) is 19.2 Å². The van der Waals surface area contributed by atoms with Gasteiger partial charge in [-0.15, -0.1) is 0 Å². The van der Waals surface area contributed by atoms with Gasteiger partial charge in [-0.05, 0) is 38.3 Å². The van der Waals surface area contributed by atoms with Gasteiger partial charge in [0, 0.05) is 19.4 Å². The Bertz CT molecular complexity index is 838. The summed E-state index contributed by atoms with van der Waals surface area (Å²) in [6, 6.07) is 8.12. The highest BCUT2D eigenvalue weighted by atomic mass is 16.5. The van der Waals surface area contributed by atoms with Crippen LogP contribution in [-0.2, 0) is 28.7 Å². The average Bonchev–Trinajstić information content (AvgIpc) is 2.78. The van der Waals surface area contributed by atoms with Crippen molar-refractivity contribution in [2.75, 3.05) is 24.8 Å². The van der Waals surface area contributed by atoms with Crippen LogP contribution in [0, 0.1) is 0 Å². The number of benzene rings is 1. The zero-order chi connectivity index (χ0) is 21.5. The van der Waals surface area contributed by atoms with Crippen LogP contribution >= 0.6 is 0 Å². The summed E-state index contributed by atoms with van der Waals surface area (Å²) in [7, 11) is 0. The van der Waals surface area contributed by atoms with E-state index in [2.05, 4.69) is 5.10 Å². The predicted molar refractivity (Wildman–Crippen MR) is 108 cm³/mol. The molecule has 1 atom stereocenters. The molecule has 0 saturated carbocycles. The second-order valence-corrected chi connectivity index (χ2v) is 7.01. The van der Waals surface area contributed by atoms with Gasteiger partial charge in [-0.1, -0.05) is 18.2 Å². The number of nitrogens with zero attached hydrogens (tertiary/aromatic N) is 3. The third-order valence-electron chi connectivity index (χ3n) is 4.98. The summed E-state index contributed by atoms with van der Waals surface area (Å²) < 4.78 is 10.2. The van der Waals surface area contributed by atoms with E-state index in [1.54, 1.807) is 31.2 Å². The number of likely N-dealkylation sites (tertiary alicyclic amines) is 1. The molecular formula is C21H25N3O6. The first-order chi connectivity index (χ1) is 14.5. The molecule has 0 radical (unpaired) electrons. The lowest BCUT2D eigenvalue weighted by atomic mass is 10.0. The van der Waals surface area contributed by atoms with E-state index in [0.717, 1.165) is 12.8 Å². The molecule has 9 heteroatoms. The SMILES string of the molecule is CCOC(=O)C1CCCCN1C(=O)COC(=O)C1=NN(c2ccccc2)C(=O)CC1. The van der Waals surface area contributed by atoms with Gasteiger partial charge in [0.2, 0.25) is 5.91 Å². The molecule has 3 rings (SSSR count). The minimum atomic E-state index is -0.749. The summed E-state index contributed by atoms with van der Waals surface area (Å²) in [5.41, 5.74) is 0.626. The zero-order valence-electron chi connectivity index (χ0n) is 16.9. The Morgan fingerprint density at radius 3 is 2.60 bits per heavy atom. The maximum atomic E-state index is 12.6. The van der Waals surface area contributed by atoms with Gasteiger partial charge in [-0.3, -0.25) is 9.59 Å². The first-order valence-electron chi connectivity index (χ1n) is 10.1. The average molecular weight is 415 g/mol. The van der Waals surface area contributed by atoms with Crippen molar-refractivity contribution in [1.29, 1.82) is 0 Å². The van der Waals surface area contributed by atoms with Crippen molar-refractivity contribution in [3.63, 3.8) is 0 Å². The molecule has 9 nitrogen and oxygen atoms in total. The standard InChI is InChI=1S/C21H25N3O6/c1-2-29-21(28)17-10-6-7-13-23(17)19(26)14-30-20(27)16-11-12-18(25)24(22-16)15-8-4-3-5-9-15/h3-5,8-9,17H,2,6-7,10-14H2,1H3. The van der Waals surface area contributed by atoms with Crippen LogP contribution in [0.15, 0.2) is 35.4 Å². The zero-order valence-corrected chi connectivity index (χ0v) is 16.9. The van der Waals surface area contributed by atoms with Crippen molar-refractivity contribution in [2.24, 2.45) is 5.10 Å². The molecule has 2 aliphatic heterocycles. The van der Waals surface area contributed by atoms with Gasteiger partial charge in [-0.25, -0.2) is 14.6 Å². The molecule has 0 aliphatic carbocycles. The lowest BCUT2D eigenvalue weighted by Gasteiger charge is -2.33. The fraction of sp³-hybridized carbons (Fsp3) is 0.476. The molecule has 2 amide bonds. The predicted octanol–water partition coefficient (Wildman–Crippen LogP) is 1.66. The van der Waals surface area contributed by atoms with E-state index in [1.165, 1.54) is 9.91 Å². The van der Waals surface area contributed by atoms with Crippen LogP contribution in [0.4, 0.5) is 5.69 Å². The summed E-state index contributed by atoms with van der Waals surface area (Å²) >= 11 is 0. The highest BCUT2D eigenvalue weighted by Gasteiger charge is 2.34. The number of piperidine rings is 1. The van der Waals surface area contributed by atoms with Gasteiger partial charge in [0.1, 0.15) is 11.8 Å². The maximum absolute atomic E-state index is 12.6. The third kappa shape index (κ3) is 5.03. The summed E-state index contributed by atoms with van der Waals surface area (Å²) in [5, 5.41) is 5.29. The van der Waals surface area contributed by atoms with Crippen LogP contribution in [0.25, 0.3) is 0 Å². The van der Waals surface area contributed by atoms with Crippen LogP contribution in [0.2, 0.25) is 0 Å². The Morgan fingerprint density at radius 2 is 1.87 bits per heavy atom. The quantitative estimate of drug-likeness (QED) is 0.654. The van der Waals surface area contributed by atoms with Crippen molar-refractivity contribution in [3.8, 4) is 0 Å². The monoisotopic (exact) mass is 415 g/mol. The topological polar surface area (TPSA) is 106 Å². The summed E-state index contributed by atoms with van der Waals surface area (Å²) in [6.07, 6.45) is 2.39. The summed E-state index contributed by atoms with van der Waals surface area (Å²) in [5.74, 6) is -1.86. The van der Waals surface area contributed by atoms with Crippen LogP contribution in [0.1, 0.15) is 39.0 Å². The third-order valence-corrected chi connectivity index (χ3v) is 4.98. The molecule has 0 bridgehead atoms. The normalized spacial score (nSPS) is 19.2. The number of amides is 2. The first kappa shape index (κ1) is 21.5. The van der Waals surface area contributed by atoms with Crippen molar-refractivity contribution in [1.82, 2.24) is 4.90 Å². The minimum absolute atomic E-state index is 0.0758. The molecule has 160 valence electrons. The Labute approximate surface area is 174 Å². The van der Waals surface area contributed by atoms with E-state index in [4.69, 9.17) is 9.47 Å². The number of hydrogen-bond acceptors (Lipinski definition) is 7. The molecule has 0 N–H and O–H groups in total. The van der Waals surface area contributed by atoms with Crippen LogP contribution in [0.3, 0.4) is 0 Å². The Hall–Kier alpha value is -3.23. The van der Waals surface area contributed by atoms with E-state index >= 15 is 0 Å². The lowest BCUT2D eigenvalue weighted by Crippen LogP contribution is -2.50. The van der Waals surface area contributed by atoms with E-state index < -0.39 is 30.5 Å². The number of para-hydroxylation sites is 1. The largest absolute Gasteiger partial charge is 0.464 e. The van der Waals surface area contributed by atoms with Crippen molar-refractivity contribution < 1.29 is 28.7 Å². The molecule has 1 unspecified atom stereocenters. The summed E-state index contributed by atoms with van der Waals surface area (Å²) in [4.78, 5) is 50.7. The highest BCUT2D eigenvalue weighted by Crippen LogP contribution is 2.21. The number of hydrogen-bond donors (Lipinski definition) is 0. The number of carbonyl (C=O) groups is 4. The van der Waals surface area contributed by atoms with Crippen LogP contribution < -0.4 is 5.01 Å². The van der Waals surface area contributed by atoms with Gasteiger partial charge in [0.15, 0.2) is 6.61 Å². The molecular weight excluding hydrogens is 390 g/mol. The van der Waals surface area contributed by atoms with E-state index in [1.807, 2.05) is 6.07 Å². The highest BCUT2D eigenvalue weighted by molar-refractivity contribution is 6.38. The van der Waals surface area contributed by atoms with Gasteiger partial charge >= 0.3 is 11.9 Å². The molecule has 0 spiro atoms. The molecule has 30 heavy (non-hydrogen) atoms. The van der Waals surface area contributed by atoms with Gasteiger partial charge in [0.05, 0.1) is 12.3 Å². The summed E-state index contributed by atoms with van der Waals surface area (Å²) in [6.45, 7) is 1.87. The maximum Gasteiger partial charge on any atom is 0.355 e. The molecule has 1 fully saturated rings. The number of hydrazone groups is 1. The Kier molecular flexibility index (Phi) is 7.16. The molecule has 1 saturated heterocycles. The lowest BCUT2D eigenvalue weighted by molar-refractivity contribution is -0.159. The number of anilines is 1. The van der Waals surface area contributed by atoms with Crippen molar-refractivity contribution >= 4 is 35.2 Å².